The Labute approximate surface area is 161 Å². The lowest BCUT2D eigenvalue weighted by molar-refractivity contribution is 0.0431. The van der Waals surface area contributed by atoms with Crippen LogP contribution in [0.15, 0.2) is 18.2 Å². The second-order valence-electron chi connectivity index (χ2n) is 7.86. The number of hydrogen-bond donors (Lipinski definition) is 2. The summed E-state index contributed by atoms with van der Waals surface area (Å²) >= 11 is 1.04. The summed E-state index contributed by atoms with van der Waals surface area (Å²) in [6.45, 7) is 10.1. The Bertz CT molecular complexity index is 825. The molecule has 2 aromatic rings. The number of anilines is 1. The highest BCUT2D eigenvalue weighted by atomic mass is 32.1. The quantitative estimate of drug-likeness (QED) is 0.754. The van der Waals surface area contributed by atoms with Crippen molar-refractivity contribution in [2.75, 3.05) is 4.90 Å². The predicted octanol–water partition coefficient (Wildman–Crippen LogP) is 2.65. The molecule has 0 fully saturated rings. The van der Waals surface area contributed by atoms with Gasteiger partial charge in [0.05, 0.1) is 10.2 Å². The third-order valence-electron chi connectivity index (χ3n) is 3.06. The van der Waals surface area contributed by atoms with Crippen molar-refractivity contribution in [1.29, 1.82) is 0 Å². The summed E-state index contributed by atoms with van der Waals surface area (Å²) in [5.74, 6) is 0. The number of hydrogen-bond acceptors (Lipinski definition) is 8. The van der Waals surface area contributed by atoms with E-state index in [4.69, 9.17) is 9.47 Å². The van der Waals surface area contributed by atoms with E-state index in [2.05, 4.69) is 4.98 Å². The molecule has 2 N–H and O–H groups in total. The van der Waals surface area contributed by atoms with Crippen molar-refractivity contribution in [3.63, 3.8) is 0 Å². The summed E-state index contributed by atoms with van der Waals surface area (Å²) in [4.78, 5) is 30.3. The number of nitrogens with zero attached hydrogens (tertiary/aromatic N) is 2. The molecule has 10 heteroatoms. The highest BCUT2D eigenvalue weighted by molar-refractivity contribution is 7.22. The van der Waals surface area contributed by atoms with Crippen molar-refractivity contribution in [2.24, 2.45) is 0 Å². The molecule has 1 aromatic carbocycles. The van der Waals surface area contributed by atoms with E-state index >= 15 is 0 Å². The molecule has 2 rings (SSSR count). The zero-order chi connectivity index (χ0) is 20.6. The summed E-state index contributed by atoms with van der Waals surface area (Å²) < 4.78 is 11.2. The molecule has 0 aliphatic heterocycles. The molecule has 0 spiro atoms. The van der Waals surface area contributed by atoms with E-state index in [1.807, 2.05) is 0 Å². The molecule has 0 aliphatic rings. The molecule has 8 nitrogen and oxygen atoms in total. The normalized spacial score (nSPS) is 12.0. The van der Waals surface area contributed by atoms with Crippen LogP contribution < -0.4 is 10.4 Å². The highest BCUT2D eigenvalue weighted by Gasteiger charge is 2.35. The Morgan fingerprint density at radius 2 is 1.56 bits per heavy atom. The fourth-order valence-electron chi connectivity index (χ4n) is 2.11. The number of imide groups is 1. The van der Waals surface area contributed by atoms with Gasteiger partial charge in [0.25, 0.3) is 0 Å². The number of para-hydroxylation sites is 1. The van der Waals surface area contributed by atoms with Gasteiger partial charge >= 0.3 is 19.3 Å². The van der Waals surface area contributed by atoms with Gasteiger partial charge in [0, 0.05) is 5.46 Å². The smallest absolute Gasteiger partial charge is 0.443 e. The SMILES string of the molecule is CC(C)(C)OC(=O)N(C(=O)OC(C)(C)C)c1nc2c(B(O)O)cccc2s1. The number of carbonyl (C=O) groups excluding carboxylic acids is 2. The van der Waals surface area contributed by atoms with E-state index in [-0.39, 0.29) is 16.1 Å². The Hall–Kier alpha value is -2.17. The molecule has 0 aliphatic carbocycles. The molecule has 146 valence electrons. The van der Waals surface area contributed by atoms with Crippen LogP contribution in [0.4, 0.5) is 14.7 Å². The van der Waals surface area contributed by atoms with Gasteiger partial charge in [-0.3, -0.25) is 0 Å². The zero-order valence-electron chi connectivity index (χ0n) is 16.1. The standard InChI is InChI=1S/C17H23BN2O6S/c1-16(2,3)25-14(21)20(15(22)26-17(4,5)6)13-19-12-10(18(23)24)8-7-9-11(12)27-13/h7-9,23-24H,1-6H3. The number of amides is 2. The summed E-state index contributed by atoms with van der Waals surface area (Å²) in [5.41, 5.74) is -1.21. The van der Waals surface area contributed by atoms with Crippen LogP contribution in [0, 0.1) is 0 Å². The molecule has 0 atom stereocenters. The van der Waals surface area contributed by atoms with Gasteiger partial charge in [0.15, 0.2) is 0 Å². The lowest BCUT2D eigenvalue weighted by Crippen LogP contribution is -2.43. The number of fused-ring (bicyclic) bond motifs is 1. The zero-order valence-corrected chi connectivity index (χ0v) is 17.0. The van der Waals surface area contributed by atoms with Crippen molar-refractivity contribution < 1.29 is 29.1 Å². The maximum absolute atomic E-state index is 12.7. The topological polar surface area (TPSA) is 109 Å². The van der Waals surface area contributed by atoms with Crippen molar-refractivity contribution in [3.8, 4) is 0 Å². The molecule has 2 amide bonds. The number of carbonyl (C=O) groups is 2. The first-order valence-electron chi connectivity index (χ1n) is 8.30. The molecule has 0 saturated carbocycles. The van der Waals surface area contributed by atoms with E-state index in [0.29, 0.717) is 9.60 Å². The lowest BCUT2D eigenvalue weighted by atomic mass is 9.79. The van der Waals surface area contributed by atoms with Gasteiger partial charge in [0.2, 0.25) is 5.13 Å². The summed E-state index contributed by atoms with van der Waals surface area (Å²) in [5, 5.41) is 19.0. The van der Waals surface area contributed by atoms with E-state index in [0.717, 1.165) is 11.3 Å². The molecule has 0 saturated heterocycles. The van der Waals surface area contributed by atoms with Crippen LogP contribution >= 0.6 is 11.3 Å². The van der Waals surface area contributed by atoms with Gasteiger partial charge < -0.3 is 19.5 Å². The molecule has 0 radical (unpaired) electrons. The van der Waals surface area contributed by atoms with Crippen LogP contribution in [-0.4, -0.2) is 45.5 Å². The molecule has 0 unspecified atom stereocenters. The summed E-state index contributed by atoms with van der Waals surface area (Å²) in [6.07, 6.45) is -1.86. The Balaban J connectivity index is 2.52. The number of aromatic nitrogens is 1. The largest absolute Gasteiger partial charge is 0.490 e. The molecule has 27 heavy (non-hydrogen) atoms. The third kappa shape index (κ3) is 5.41. The number of rotatable bonds is 2. The van der Waals surface area contributed by atoms with Crippen molar-refractivity contribution >= 4 is 51.5 Å². The second-order valence-corrected chi connectivity index (χ2v) is 8.87. The minimum atomic E-state index is -1.74. The second kappa shape index (κ2) is 7.45. The fraction of sp³-hybridized carbons (Fsp3) is 0.471. The van der Waals surface area contributed by atoms with Crippen molar-refractivity contribution in [2.45, 2.75) is 52.7 Å². The van der Waals surface area contributed by atoms with Gasteiger partial charge in [-0.1, -0.05) is 23.5 Å². The van der Waals surface area contributed by atoms with Crippen LogP contribution in [0.3, 0.4) is 0 Å². The Morgan fingerprint density at radius 1 is 1.04 bits per heavy atom. The first-order valence-corrected chi connectivity index (χ1v) is 9.12. The van der Waals surface area contributed by atoms with Gasteiger partial charge in [0.1, 0.15) is 11.2 Å². The van der Waals surface area contributed by atoms with Crippen LogP contribution in [0.25, 0.3) is 10.2 Å². The maximum Gasteiger partial charge on any atom is 0.490 e. The van der Waals surface area contributed by atoms with Crippen molar-refractivity contribution in [3.05, 3.63) is 18.2 Å². The van der Waals surface area contributed by atoms with Crippen LogP contribution in [0.2, 0.25) is 0 Å². The van der Waals surface area contributed by atoms with Gasteiger partial charge in [-0.25, -0.2) is 14.6 Å². The van der Waals surface area contributed by atoms with Crippen molar-refractivity contribution in [1.82, 2.24) is 4.98 Å². The van der Waals surface area contributed by atoms with E-state index in [9.17, 15) is 19.6 Å². The van der Waals surface area contributed by atoms with E-state index < -0.39 is 30.5 Å². The minimum absolute atomic E-state index is 0.0154. The van der Waals surface area contributed by atoms with Crippen LogP contribution in [0.5, 0.6) is 0 Å². The highest BCUT2D eigenvalue weighted by Crippen LogP contribution is 2.30. The van der Waals surface area contributed by atoms with Crippen LogP contribution in [-0.2, 0) is 9.47 Å². The molecular formula is C17H23BN2O6S. The predicted molar refractivity (Wildman–Crippen MR) is 104 cm³/mol. The first-order chi connectivity index (χ1) is 12.3. The van der Waals surface area contributed by atoms with Gasteiger partial charge in [-0.2, -0.15) is 4.90 Å². The number of ether oxygens (including phenoxy) is 2. The van der Waals surface area contributed by atoms with E-state index in [1.165, 1.54) is 6.07 Å². The average molecular weight is 394 g/mol. The molecular weight excluding hydrogens is 371 g/mol. The number of benzene rings is 1. The minimum Gasteiger partial charge on any atom is -0.443 e. The molecule has 0 bridgehead atoms. The molecule has 1 aromatic heterocycles. The Kier molecular flexibility index (Phi) is 5.84. The van der Waals surface area contributed by atoms with Gasteiger partial charge in [-0.15, -0.1) is 0 Å². The molecule has 1 heterocycles. The third-order valence-corrected chi connectivity index (χ3v) is 4.07. The Morgan fingerprint density at radius 3 is 2.00 bits per heavy atom. The lowest BCUT2D eigenvalue weighted by Gasteiger charge is -2.27. The van der Waals surface area contributed by atoms with E-state index in [1.54, 1.807) is 53.7 Å². The van der Waals surface area contributed by atoms with Gasteiger partial charge in [-0.05, 0) is 47.6 Å². The summed E-state index contributed by atoms with van der Waals surface area (Å²) in [7, 11) is -1.74. The van der Waals surface area contributed by atoms with Crippen LogP contribution in [0.1, 0.15) is 41.5 Å². The average Bonchev–Trinajstić information content (AvgIpc) is 2.85. The summed E-state index contributed by atoms with van der Waals surface area (Å²) in [6, 6.07) is 4.83. The monoisotopic (exact) mass is 394 g/mol. The number of thiazole rings is 1. The maximum atomic E-state index is 12.7. The fourth-order valence-corrected chi connectivity index (χ4v) is 3.09. The first kappa shape index (κ1) is 21.1.